The van der Waals surface area contributed by atoms with Crippen molar-refractivity contribution in [2.75, 3.05) is 13.1 Å². The number of carbonyl (C=O) groups excluding carboxylic acids is 2. The minimum atomic E-state index is -1.77. The molecule has 0 bridgehead atoms. The standard InChI is InChI=1S/C26H37BN6O4/c28-26(29)30-15-7-14-23(27(36)37)32-24(34)21(17-19-9-3-1-4-10-19)31-25(35)22-13-8-16-33(22)18-20-11-5-2-6-12-20/h1-6,9-12,21-23,36-37H,7-8,13-18H2,(H,31,35)(H,32,34)(H4,28,29,30)/t21-,22-,23-/m0/s1. The molecule has 37 heavy (non-hydrogen) atoms. The largest absolute Gasteiger partial charge is 0.475 e. The molecule has 3 rings (SSSR count). The van der Waals surface area contributed by atoms with Crippen molar-refractivity contribution in [3.8, 4) is 0 Å². The number of carbonyl (C=O) groups is 2. The van der Waals surface area contributed by atoms with E-state index in [-0.39, 0.29) is 30.8 Å². The number of likely N-dealkylation sites (tertiary alicyclic amines) is 1. The molecular weight excluding hydrogens is 471 g/mol. The van der Waals surface area contributed by atoms with Crippen LogP contribution in [0.25, 0.3) is 0 Å². The van der Waals surface area contributed by atoms with Gasteiger partial charge in [-0.15, -0.1) is 0 Å². The number of nitrogens with one attached hydrogen (secondary N) is 2. The van der Waals surface area contributed by atoms with Gasteiger partial charge in [0.15, 0.2) is 5.96 Å². The molecule has 2 amide bonds. The van der Waals surface area contributed by atoms with E-state index in [1.165, 1.54) is 0 Å². The summed E-state index contributed by atoms with van der Waals surface area (Å²) in [5.74, 6) is -1.68. The smallest absolute Gasteiger partial charge is 0.426 e. The number of benzene rings is 2. The van der Waals surface area contributed by atoms with Crippen LogP contribution in [0.4, 0.5) is 0 Å². The summed E-state index contributed by atoms with van der Waals surface area (Å²) in [6, 6.07) is 18.1. The van der Waals surface area contributed by atoms with Crippen LogP contribution in [0.15, 0.2) is 65.7 Å². The molecule has 1 heterocycles. The number of aliphatic imine (C=N–C) groups is 1. The number of nitrogens with zero attached hydrogens (tertiary/aromatic N) is 2. The van der Waals surface area contributed by atoms with Gasteiger partial charge < -0.3 is 32.1 Å². The quantitative estimate of drug-likeness (QED) is 0.0953. The number of amides is 2. The molecule has 0 aliphatic carbocycles. The normalized spacial score (nSPS) is 17.0. The van der Waals surface area contributed by atoms with Gasteiger partial charge in [-0.05, 0) is 43.4 Å². The van der Waals surface area contributed by atoms with Crippen molar-refractivity contribution in [2.45, 2.75) is 56.7 Å². The molecule has 0 unspecified atom stereocenters. The number of hydrogen-bond acceptors (Lipinski definition) is 6. The minimum Gasteiger partial charge on any atom is -0.426 e. The van der Waals surface area contributed by atoms with Crippen molar-refractivity contribution in [1.29, 1.82) is 0 Å². The summed E-state index contributed by atoms with van der Waals surface area (Å²) in [7, 11) is -1.77. The van der Waals surface area contributed by atoms with E-state index in [1.54, 1.807) is 0 Å². The first-order chi connectivity index (χ1) is 17.8. The van der Waals surface area contributed by atoms with E-state index in [0.29, 0.717) is 25.9 Å². The summed E-state index contributed by atoms with van der Waals surface area (Å²) < 4.78 is 0. The second-order valence-electron chi connectivity index (χ2n) is 9.34. The lowest BCUT2D eigenvalue weighted by Gasteiger charge is -2.27. The topological polar surface area (TPSA) is 166 Å². The highest BCUT2D eigenvalue weighted by molar-refractivity contribution is 6.43. The third kappa shape index (κ3) is 9.20. The predicted molar refractivity (Wildman–Crippen MR) is 144 cm³/mol. The Hall–Kier alpha value is -3.41. The highest BCUT2D eigenvalue weighted by Crippen LogP contribution is 2.20. The van der Waals surface area contributed by atoms with Crippen LogP contribution < -0.4 is 22.1 Å². The molecule has 1 aliphatic rings. The van der Waals surface area contributed by atoms with Gasteiger partial charge >= 0.3 is 7.12 Å². The molecule has 0 radical (unpaired) electrons. The highest BCUT2D eigenvalue weighted by atomic mass is 16.4. The molecule has 0 spiro atoms. The van der Waals surface area contributed by atoms with Gasteiger partial charge in [0, 0.05) is 19.5 Å². The fourth-order valence-electron chi connectivity index (χ4n) is 4.56. The third-order valence-electron chi connectivity index (χ3n) is 6.47. The molecule has 2 aromatic rings. The Balaban J connectivity index is 1.68. The molecule has 1 saturated heterocycles. The summed E-state index contributed by atoms with van der Waals surface area (Å²) >= 11 is 0. The summed E-state index contributed by atoms with van der Waals surface area (Å²) in [5.41, 5.74) is 12.7. The van der Waals surface area contributed by atoms with E-state index in [4.69, 9.17) is 11.5 Å². The maximum Gasteiger partial charge on any atom is 0.475 e. The molecule has 10 nitrogen and oxygen atoms in total. The highest BCUT2D eigenvalue weighted by Gasteiger charge is 2.34. The molecule has 0 saturated carbocycles. The summed E-state index contributed by atoms with van der Waals surface area (Å²) in [5, 5.41) is 25.3. The summed E-state index contributed by atoms with van der Waals surface area (Å²) in [4.78, 5) is 32.7. The van der Waals surface area contributed by atoms with Gasteiger partial charge in [0.25, 0.3) is 0 Å². The third-order valence-corrected chi connectivity index (χ3v) is 6.47. The van der Waals surface area contributed by atoms with E-state index in [0.717, 1.165) is 24.1 Å². The van der Waals surface area contributed by atoms with Crippen LogP contribution in [-0.4, -0.2) is 71.0 Å². The average molecular weight is 508 g/mol. The van der Waals surface area contributed by atoms with E-state index in [1.807, 2.05) is 60.7 Å². The molecule has 3 atom stereocenters. The van der Waals surface area contributed by atoms with Gasteiger partial charge in [-0.25, -0.2) is 0 Å². The Labute approximate surface area is 218 Å². The maximum absolute atomic E-state index is 13.4. The van der Waals surface area contributed by atoms with Crippen LogP contribution in [0.2, 0.25) is 0 Å². The van der Waals surface area contributed by atoms with Crippen molar-refractivity contribution in [3.05, 3.63) is 71.8 Å². The Bertz CT molecular complexity index is 1020. The zero-order chi connectivity index (χ0) is 26.6. The number of nitrogens with two attached hydrogens (primary N) is 2. The summed E-state index contributed by atoms with van der Waals surface area (Å²) in [6.45, 7) is 1.75. The molecule has 8 N–H and O–H groups in total. The SMILES string of the molecule is NC(N)=NCCC[C@H](NC(=O)[C@H](Cc1ccccc1)NC(=O)[C@@H]1CCCN1Cc1ccccc1)B(O)O. The number of hydrogen-bond donors (Lipinski definition) is 6. The van der Waals surface area contributed by atoms with Crippen LogP contribution in [0, 0.1) is 0 Å². The Morgan fingerprint density at radius 3 is 2.30 bits per heavy atom. The zero-order valence-electron chi connectivity index (χ0n) is 21.0. The number of rotatable bonds is 13. The van der Waals surface area contributed by atoms with Gasteiger partial charge in [-0.1, -0.05) is 60.7 Å². The fraction of sp³-hybridized carbons (Fsp3) is 0.423. The fourth-order valence-corrected chi connectivity index (χ4v) is 4.56. The van der Waals surface area contributed by atoms with E-state index in [2.05, 4.69) is 20.5 Å². The Kier molecular flexibility index (Phi) is 10.9. The van der Waals surface area contributed by atoms with Crippen LogP contribution in [0.5, 0.6) is 0 Å². The number of guanidine groups is 1. The molecule has 11 heteroatoms. The average Bonchev–Trinajstić information content (AvgIpc) is 3.34. The van der Waals surface area contributed by atoms with Crippen molar-refractivity contribution in [1.82, 2.24) is 15.5 Å². The predicted octanol–water partition coefficient (Wildman–Crippen LogP) is -0.0711. The van der Waals surface area contributed by atoms with E-state index in [9.17, 15) is 19.6 Å². The van der Waals surface area contributed by atoms with E-state index >= 15 is 0 Å². The van der Waals surface area contributed by atoms with Crippen LogP contribution in [0.3, 0.4) is 0 Å². The van der Waals surface area contributed by atoms with Gasteiger partial charge in [0.1, 0.15) is 6.04 Å². The second-order valence-corrected chi connectivity index (χ2v) is 9.34. The van der Waals surface area contributed by atoms with Crippen molar-refractivity contribution in [3.63, 3.8) is 0 Å². The Morgan fingerprint density at radius 1 is 1.03 bits per heavy atom. The van der Waals surface area contributed by atoms with Gasteiger partial charge in [0.2, 0.25) is 11.8 Å². The van der Waals surface area contributed by atoms with Gasteiger partial charge in [-0.3, -0.25) is 19.5 Å². The lowest BCUT2D eigenvalue weighted by molar-refractivity contribution is -0.131. The Morgan fingerprint density at radius 2 is 1.68 bits per heavy atom. The van der Waals surface area contributed by atoms with E-state index < -0.39 is 25.0 Å². The van der Waals surface area contributed by atoms with Crippen LogP contribution >= 0.6 is 0 Å². The summed E-state index contributed by atoms with van der Waals surface area (Å²) in [6.07, 6.45) is 2.56. The monoisotopic (exact) mass is 508 g/mol. The minimum absolute atomic E-state index is 0.0519. The first-order valence-electron chi connectivity index (χ1n) is 12.7. The molecule has 0 aromatic heterocycles. The maximum atomic E-state index is 13.4. The molecule has 1 aliphatic heterocycles. The van der Waals surface area contributed by atoms with Crippen molar-refractivity contribution >= 4 is 24.9 Å². The first-order valence-corrected chi connectivity index (χ1v) is 12.7. The zero-order valence-corrected chi connectivity index (χ0v) is 21.0. The molecule has 2 aromatic carbocycles. The molecule has 198 valence electrons. The van der Waals surface area contributed by atoms with Gasteiger partial charge in [-0.2, -0.15) is 0 Å². The van der Waals surface area contributed by atoms with Crippen molar-refractivity contribution in [2.24, 2.45) is 16.5 Å². The second kappa shape index (κ2) is 14.4. The van der Waals surface area contributed by atoms with Gasteiger partial charge in [0.05, 0.1) is 12.0 Å². The van der Waals surface area contributed by atoms with Crippen LogP contribution in [0.1, 0.15) is 36.8 Å². The first kappa shape index (κ1) is 28.2. The molecular formula is C26H37BN6O4. The molecule has 1 fully saturated rings. The van der Waals surface area contributed by atoms with Crippen molar-refractivity contribution < 1.29 is 19.6 Å². The lowest BCUT2D eigenvalue weighted by atomic mass is 9.76. The van der Waals surface area contributed by atoms with Crippen LogP contribution in [-0.2, 0) is 22.6 Å². The lowest BCUT2D eigenvalue weighted by Crippen LogP contribution is -2.56.